The molecule has 1 aromatic rings. The molecule has 0 unspecified atom stereocenters. The molecule has 1 aromatic carbocycles. The maximum Gasteiger partial charge on any atom is 0.322 e. The summed E-state index contributed by atoms with van der Waals surface area (Å²) in [6.45, 7) is 2.16. The Hall–Kier alpha value is -1.59. The standard InChI is InChI=1S/C18H26N2O3/c21-11-17-6-1-2-9-20(17)18(22)19-16-5-3-4-15(10-16)13-23-12-14-7-8-14/h3-5,10,14,17,21H,1-2,6-9,11-13H2,(H,19,22)/t17-/m1/s1. The fraction of sp³-hybridized carbons (Fsp3) is 0.611. The van der Waals surface area contributed by atoms with Crippen LogP contribution in [0.25, 0.3) is 0 Å². The summed E-state index contributed by atoms with van der Waals surface area (Å²) in [5.74, 6) is 0.757. The number of amides is 2. The first kappa shape index (κ1) is 16.3. The Morgan fingerprint density at radius 3 is 2.96 bits per heavy atom. The van der Waals surface area contributed by atoms with Crippen LogP contribution in [0.1, 0.15) is 37.7 Å². The highest BCUT2D eigenvalue weighted by Crippen LogP contribution is 2.29. The highest BCUT2D eigenvalue weighted by atomic mass is 16.5. The van der Waals surface area contributed by atoms with Crippen molar-refractivity contribution in [1.29, 1.82) is 0 Å². The van der Waals surface area contributed by atoms with Crippen molar-refractivity contribution in [3.8, 4) is 0 Å². The van der Waals surface area contributed by atoms with Gasteiger partial charge in [-0.15, -0.1) is 0 Å². The molecule has 0 aromatic heterocycles. The van der Waals surface area contributed by atoms with Crippen LogP contribution in [-0.4, -0.2) is 41.8 Å². The average Bonchev–Trinajstić information content (AvgIpc) is 3.39. The molecule has 2 amide bonds. The molecule has 1 saturated heterocycles. The third-order valence-corrected chi connectivity index (χ3v) is 4.60. The SMILES string of the molecule is O=C(Nc1cccc(COCC2CC2)c1)N1CCCC[C@@H]1CO. The summed E-state index contributed by atoms with van der Waals surface area (Å²) in [6.07, 6.45) is 5.52. The Morgan fingerprint density at radius 1 is 1.30 bits per heavy atom. The van der Waals surface area contributed by atoms with E-state index in [9.17, 15) is 9.90 Å². The Bertz CT molecular complexity index is 531. The van der Waals surface area contributed by atoms with E-state index < -0.39 is 0 Å². The van der Waals surface area contributed by atoms with Crippen molar-refractivity contribution < 1.29 is 14.6 Å². The van der Waals surface area contributed by atoms with E-state index in [1.807, 2.05) is 24.3 Å². The number of piperidine rings is 1. The molecule has 0 spiro atoms. The number of nitrogens with zero attached hydrogens (tertiary/aromatic N) is 1. The van der Waals surface area contributed by atoms with Gasteiger partial charge >= 0.3 is 6.03 Å². The monoisotopic (exact) mass is 318 g/mol. The molecule has 1 aliphatic carbocycles. The van der Waals surface area contributed by atoms with Crippen molar-refractivity contribution in [1.82, 2.24) is 4.90 Å². The lowest BCUT2D eigenvalue weighted by atomic mass is 10.0. The zero-order chi connectivity index (χ0) is 16.1. The Balaban J connectivity index is 1.54. The highest BCUT2D eigenvalue weighted by molar-refractivity contribution is 5.89. The van der Waals surface area contributed by atoms with E-state index in [-0.39, 0.29) is 18.7 Å². The summed E-state index contributed by atoms with van der Waals surface area (Å²) in [5.41, 5.74) is 1.85. The van der Waals surface area contributed by atoms with Gasteiger partial charge < -0.3 is 20.1 Å². The van der Waals surface area contributed by atoms with Gasteiger partial charge in [0.25, 0.3) is 0 Å². The molecule has 126 valence electrons. The van der Waals surface area contributed by atoms with Gasteiger partial charge in [0, 0.05) is 18.8 Å². The minimum Gasteiger partial charge on any atom is -0.394 e. The molecule has 1 aliphatic heterocycles. The number of rotatable bonds is 6. The second-order valence-electron chi connectivity index (χ2n) is 6.61. The fourth-order valence-electron chi connectivity index (χ4n) is 3.02. The summed E-state index contributed by atoms with van der Waals surface area (Å²) in [6, 6.07) is 7.61. The van der Waals surface area contributed by atoms with E-state index in [4.69, 9.17) is 4.74 Å². The molecule has 2 fully saturated rings. The lowest BCUT2D eigenvalue weighted by Gasteiger charge is -2.34. The largest absolute Gasteiger partial charge is 0.394 e. The van der Waals surface area contributed by atoms with Gasteiger partial charge in [0.05, 0.1) is 19.3 Å². The molecule has 2 aliphatic rings. The van der Waals surface area contributed by atoms with Crippen LogP contribution in [0.2, 0.25) is 0 Å². The molecule has 1 atom stereocenters. The average molecular weight is 318 g/mol. The van der Waals surface area contributed by atoms with Crippen molar-refractivity contribution in [2.75, 3.05) is 25.1 Å². The van der Waals surface area contributed by atoms with Crippen LogP contribution in [0.3, 0.4) is 0 Å². The van der Waals surface area contributed by atoms with Crippen LogP contribution in [0.4, 0.5) is 10.5 Å². The number of hydrogen-bond donors (Lipinski definition) is 2. The molecule has 0 radical (unpaired) electrons. The van der Waals surface area contributed by atoms with Crippen molar-refractivity contribution in [3.05, 3.63) is 29.8 Å². The maximum absolute atomic E-state index is 12.4. The minimum atomic E-state index is -0.125. The Morgan fingerprint density at radius 2 is 2.17 bits per heavy atom. The van der Waals surface area contributed by atoms with E-state index in [2.05, 4.69) is 5.32 Å². The molecule has 5 heteroatoms. The zero-order valence-corrected chi connectivity index (χ0v) is 13.5. The molecule has 23 heavy (non-hydrogen) atoms. The third kappa shape index (κ3) is 4.69. The summed E-state index contributed by atoms with van der Waals surface area (Å²) in [7, 11) is 0. The minimum absolute atomic E-state index is 0.0302. The normalized spacial score (nSPS) is 21.3. The predicted octanol–water partition coefficient (Wildman–Crippen LogP) is 2.99. The molecule has 5 nitrogen and oxygen atoms in total. The predicted molar refractivity (Wildman–Crippen MR) is 89.3 cm³/mol. The first-order chi connectivity index (χ1) is 11.3. The summed E-state index contributed by atoms with van der Waals surface area (Å²) < 4.78 is 5.70. The number of ether oxygens (including phenoxy) is 1. The summed E-state index contributed by atoms with van der Waals surface area (Å²) in [5, 5.41) is 12.4. The van der Waals surface area contributed by atoms with E-state index in [0.29, 0.717) is 13.2 Å². The summed E-state index contributed by atoms with van der Waals surface area (Å²) in [4.78, 5) is 14.2. The van der Waals surface area contributed by atoms with Gasteiger partial charge in [-0.25, -0.2) is 4.79 Å². The molecule has 0 bridgehead atoms. The van der Waals surface area contributed by atoms with Crippen molar-refractivity contribution >= 4 is 11.7 Å². The van der Waals surface area contributed by atoms with Gasteiger partial charge in [0.1, 0.15) is 0 Å². The Labute approximate surface area is 137 Å². The number of benzene rings is 1. The molecule has 1 saturated carbocycles. The second kappa shape index (κ2) is 7.79. The van der Waals surface area contributed by atoms with Crippen LogP contribution in [0.5, 0.6) is 0 Å². The zero-order valence-electron chi connectivity index (χ0n) is 13.5. The van der Waals surface area contributed by atoms with Crippen LogP contribution < -0.4 is 5.32 Å². The molecular weight excluding hydrogens is 292 g/mol. The van der Waals surface area contributed by atoms with E-state index >= 15 is 0 Å². The number of carbonyl (C=O) groups is 1. The highest BCUT2D eigenvalue weighted by Gasteiger charge is 2.26. The Kier molecular flexibility index (Phi) is 5.51. The number of anilines is 1. The van der Waals surface area contributed by atoms with Gasteiger partial charge in [-0.3, -0.25) is 0 Å². The first-order valence-corrected chi connectivity index (χ1v) is 8.61. The number of likely N-dealkylation sites (tertiary alicyclic amines) is 1. The maximum atomic E-state index is 12.4. The van der Waals surface area contributed by atoms with Gasteiger partial charge in [0.15, 0.2) is 0 Å². The molecule has 1 heterocycles. The van der Waals surface area contributed by atoms with Crippen molar-refractivity contribution in [2.24, 2.45) is 5.92 Å². The van der Waals surface area contributed by atoms with Gasteiger partial charge in [-0.1, -0.05) is 12.1 Å². The van der Waals surface area contributed by atoms with E-state index in [1.54, 1.807) is 4.90 Å². The smallest absolute Gasteiger partial charge is 0.322 e. The number of urea groups is 1. The lowest BCUT2D eigenvalue weighted by molar-refractivity contribution is 0.111. The van der Waals surface area contributed by atoms with Gasteiger partial charge in [0.2, 0.25) is 0 Å². The van der Waals surface area contributed by atoms with E-state index in [1.165, 1.54) is 12.8 Å². The molecule has 2 N–H and O–H groups in total. The third-order valence-electron chi connectivity index (χ3n) is 4.60. The fourth-order valence-corrected chi connectivity index (χ4v) is 3.02. The number of carbonyl (C=O) groups excluding carboxylic acids is 1. The van der Waals surface area contributed by atoms with Crippen LogP contribution in [0, 0.1) is 5.92 Å². The van der Waals surface area contributed by atoms with Crippen molar-refractivity contribution in [3.63, 3.8) is 0 Å². The van der Waals surface area contributed by atoms with E-state index in [0.717, 1.165) is 43.0 Å². The lowest BCUT2D eigenvalue weighted by Crippen LogP contribution is -2.47. The summed E-state index contributed by atoms with van der Waals surface area (Å²) >= 11 is 0. The van der Waals surface area contributed by atoms with Crippen LogP contribution in [-0.2, 0) is 11.3 Å². The first-order valence-electron chi connectivity index (χ1n) is 8.61. The van der Waals surface area contributed by atoms with Crippen LogP contribution in [0.15, 0.2) is 24.3 Å². The van der Waals surface area contributed by atoms with Crippen molar-refractivity contribution in [2.45, 2.75) is 44.8 Å². The van der Waals surface area contributed by atoms with Gasteiger partial charge in [-0.2, -0.15) is 0 Å². The second-order valence-corrected chi connectivity index (χ2v) is 6.61. The van der Waals surface area contributed by atoms with Crippen LogP contribution >= 0.6 is 0 Å². The molecular formula is C18H26N2O3. The number of aliphatic hydroxyl groups excluding tert-OH is 1. The molecule has 3 rings (SSSR count). The number of nitrogens with one attached hydrogen (secondary N) is 1. The topological polar surface area (TPSA) is 61.8 Å². The number of hydrogen-bond acceptors (Lipinski definition) is 3. The van der Waals surface area contributed by atoms with Gasteiger partial charge in [-0.05, 0) is 55.7 Å². The quantitative estimate of drug-likeness (QED) is 0.847. The number of aliphatic hydroxyl groups is 1.